The molecule has 1 unspecified atom stereocenters. The normalized spacial score (nSPS) is 17.0. The Labute approximate surface area is 187 Å². The molecule has 32 heavy (non-hydrogen) atoms. The predicted molar refractivity (Wildman–Crippen MR) is 124 cm³/mol. The Morgan fingerprint density at radius 3 is 3.00 bits per heavy atom. The van der Waals surface area contributed by atoms with Crippen molar-refractivity contribution >= 4 is 35.7 Å². The van der Waals surface area contributed by atoms with Crippen molar-refractivity contribution in [3.63, 3.8) is 0 Å². The number of nitrogens with one attached hydrogen (secondary N) is 1. The van der Waals surface area contributed by atoms with Gasteiger partial charge in [0, 0.05) is 31.6 Å². The van der Waals surface area contributed by atoms with Gasteiger partial charge in [-0.2, -0.15) is 4.98 Å². The fraction of sp³-hybridized carbons (Fsp3) is 0.391. The van der Waals surface area contributed by atoms with E-state index in [1.165, 1.54) is 12.0 Å². The van der Waals surface area contributed by atoms with Crippen molar-refractivity contribution in [1.29, 1.82) is 0 Å². The van der Waals surface area contributed by atoms with Crippen molar-refractivity contribution in [2.75, 3.05) is 24.3 Å². The average Bonchev–Trinajstić information content (AvgIpc) is 3.23. The molecule has 1 atom stereocenters. The largest absolute Gasteiger partial charge is 0.481 e. The summed E-state index contributed by atoms with van der Waals surface area (Å²) < 4.78 is 11.4. The van der Waals surface area contributed by atoms with Gasteiger partial charge in [0.25, 0.3) is 5.97 Å². The Bertz CT molecular complexity index is 967. The van der Waals surface area contributed by atoms with Crippen LogP contribution in [0.15, 0.2) is 35.5 Å². The van der Waals surface area contributed by atoms with E-state index >= 15 is 0 Å². The number of aliphatic imine (C=N–C) groups is 1. The number of nitrogen functional groups attached to an aromatic ring is 1. The first-order chi connectivity index (χ1) is 15.5. The van der Waals surface area contributed by atoms with Gasteiger partial charge >= 0.3 is 0 Å². The Kier molecular flexibility index (Phi) is 8.70. The second kappa shape index (κ2) is 11.9. The number of nitrogens with zero attached hydrogens (tertiary/aromatic N) is 3. The van der Waals surface area contributed by atoms with Crippen molar-refractivity contribution in [3.8, 4) is 0 Å². The molecule has 1 saturated heterocycles. The van der Waals surface area contributed by atoms with E-state index < -0.39 is 5.97 Å². The summed E-state index contributed by atoms with van der Waals surface area (Å²) in [5.41, 5.74) is 10.1. The maximum Gasteiger partial charge on any atom is 0.300 e. The third-order valence-electron chi connectivity index (χ3n) is 4.77. The topological polar surface area (TPSA) is 132 Å². The molecule has 9 nitrogen and oxygen atoms in total. The molecule has 0 amide bonds. The molecule has 2 aliphatic heterocycles. The molecular weight excluding hydrogens is 410 g/mol. The monoisotopic (exact) mass is 439 g/mol. The van der Waals surface area contributed by atoms with Crippen LogP contribution in [0.25, 0.3) is 6.08 Å². The molecule has 1 aromatic carbocycles. The number of aromatic nitrogens is 2. The summed E-state index contributed by atoms with van der Waals surface area (Å²) in [6.45, 7) is 3.27. The third-order valence-corrected chi connectivity index (χ3v) is 4.77. The minimum atomic E-state index is -0.833. The quantitative estimate of drug-likeness (QED) is 0.556. The molecule has 4 rings (SSSR count). The number of ether oxygens (including phenoxy) is 2. The van der Waals surface area contributed by atoms with Gasteiger partial charge < -0.3 is 25.6 Å². The summed E-state index contributed by atoms with van der Waals surface area (Å²) in [6.07, 6.45) is 12.0. The number of nitrogens with two attached hydrogens (primary N) is 1. The molecule has 9 heteroatoms. The zero-order valence-electron chi connectivity index (χ0n) is 18.2. The van der Waals surface area contributed by atoms with E-state index in [0.717, 1.165) is 49.6 Å². The van der Waals surface area contributed by atoms with E-state index in [9.17, 15) is 0 Å². The fourth-order valence-corrected chi connectivity index (χ4v) is 3.38. The average molecular weight is 440 g/mol. The molecular formula is C23H29N5O4. The van der Waals surface area contributed by atoms with Crippen molar-refractivity contribution in [2.24, 2.45) is 4.99 Å². The van der Waals surface area contributed by atoms with Crippen LogP contribution in [0.1, 0.15) is 49.3 Å². The van der Waals surface area contributed by atoms with E-state index in [1.807, 2.05) is 6.21 Å². The highest BCUT2D eigenvalue weighted by atomic mass is 16.7. The van der Waals surface area contributed by atoms with Crippen molar-refractivity contribution < 1.29 is 19.4 Å². The van der Waals surface area contributed by atoms with Crippen LogP contribution in [0.4, 0.5) is 17.5 Å². The summed E-state index contributed by atoms with van der Waals surface area (Å²) in [5.74, 6) is 0.0768. The van der Waals surface area contributed by atoms with E-state index in [-0.39, 0.29) is 12.2 Å². The number of fused-ring (bicyclic) bond motifs is 1. The van der Waals surface area contributed by atoms with Crippen LogP contribution >= 0.6 is 0 Å². The van der Waals surface area contributed by atoms with Gasteiger partial charge in [0.2, 0.25) is 5.95 Å². The number of benzene rings is 1. The number of carboxylic acids is 1. The Hall–Kier alpha value is -3.30. The molecule has 1 fully saturated rings. The molecule has 0 aliphatic carbocycles. The number of hydrogen-bond acceptors (Lipinski definition) is 8. The minimum absolute atomic E-state index is 0.0346. The molecule has 2 aliphatic rings. The first kappa shape index (κ1) is 23.4. The molecule has 0 spiro atoms. The second-order valence-corrected chi connectivity index (χ2v) is 7.41. The van der Waals surface area contributed by atoms with Crippen LogP contribution in [-0.2, 0) is 20.8 Å². The summed E-state index contributed by atoms with van der Waals surface area (Å²) in [5, 5.41) is 10.7. The standard InChI is InChI=1S/C21H25N5O2.C2H4O2/c22-21-24-8-7-19(26-21)25-17-11-15(18-14-23-13-16(18)12-17)5-1-3-9-27-20-6-2-4-10-28-20;1-2(3)4/h1,5,7-8,11-13,20H,2-4,6,9-10,14H2,(H3,22,24,25,26);1H3,(H,3,4)/b5-1+;. The van der Waals surface area contributed by atoms with Gasteiger partial charge in [-0.3, -0.25) is 9.79 Å². The number of rotatable bonds is 7. The number of anilines is 3. The van der Waals surface area contributed by atoms with Crippen LogP contribution in [0.5, 0.6) is 0 Å². The molecule has 0 radical (unpaired) electrons. The summed E-state index contributed by atoms with van der Waals surface area (Å²) in [4.78, 5) is 21.5. The lowest BCUT2D eigenvalue weighted by Gasteiger charge is -2.22. The van der Waals surface area contributed by atoms with Crippen LogP contribution in [0.3, 0.4) is 0 Å². The van der Waals surface area contributed by atoms with Crippen LogP contribution in [0.2, 0.25) is 0 Å². The van der Waals surface area contributed by atoms with Crippen LogP contribution in [-0.4, -0.2) is 46.8 Å². The number of hydrogen-bond donors (Lipinski definition) is 3. The van der Waals surface area contributed by atoms with Crippen molar-refractivity contribution in [3.05, 3.63) is 47.2 Å². The first-order valence-corrected chi connectivity index (χ1v) is 10.6. The highest BCUT2D eigenvalue weighted by Gasteiger charge is 2.14. The molecule has 4 N–H and O–H groups in total. The summed E-state index contributed by atoms with van der Waals surface area (Å²) >= 11 is 0. The number of carbonyl (C=O) groups is 1. The Morgan fingerprint density at radius 2 is 2.25 bits per heavy atom. The smallest absolute Gasteiger partial charge is 0.300 e. The highest BCUT2D eigenvalue weighted by molar-refractivity contribution is 5.89. The minimum Gasteiger partial charge on any atom is -0.481 e. The predicted octanol–water partition coefficient (Wildman–Crippen LogP) is 3.77. The third kappa shape index (κ3) is 7.44. The number of carboxylic acid groups (broad SMARTS) is 1. The Morgan fingerprint density at radius 1 is 1.41 bits per heavy atom. The fourth-order valence-electron chi connectivity index (χ4n) is 3.38. The number of aliphatic carboxylic acids is 1. The Balaban J connectivity index is 0.000000668. The van der Waals surface area contributed by atoms with Gasteiger partial charge in [0.1, 0.15) is 5.82 Å². The molecule has 1 aromatic heterocycles. The lowest BCUT2D eigenvalue weighted by atomic mass is 10.0. The molecule has 0 bridgehead atoms. The molecule has 3 heterocycles. The molecule has 2 aromatic rings. The lowest BCUT2D eigenvalue weighted by molar-refractivity contribution is -0.161. The summed E-state index contributed by atoms with van der Waals surface area (Å²) in [6, 6.07) is 5.97. The van der Waals surface area contributed by atoms with Gasteiger partial charge in [-0.25, -0.2) is 4.98 Å². The molecule has 170 valence electrons. The van der Waals surface area contributed by atoms with Crippen LogP contribution < -0.4 is 11.1 Å². The SMILES string of the molecule is CC(=O)O.Nc1nccc(Nc2cc3c(c(/C=C/CCOC4CCCCO4)c2)CN=C3)n1. The van der Waals surface area contributed by atoms with Gasteiger partial charge in [0.05, 0.1) is 13.2 Å². The zero-order valence-corrected chi connectivity index (χ0v) is 18.2. The lowest BCUT2D eigenvalue weighted by Crippen LogP contribution is -2.22. The van der Waals surface area contributed by atoms with E-state index in [2.05, 4.69) is 44.6 Å². The van der Waals surface area contributed by atoms with Gasteiger partial charge in [-0.05, 0) is 60.6 Å². The van der Waals surface area contributed by atoms with Crippen molar-refractivity contribution in [2.45, 2.75) is 45.4 Å². The van der Waals surface area contributed by atoms with Crippen molar-refractivity contribution in [1.82, 2.24) is 9.97 Å². The van der Waals surface area contributed by atoms with Gasteiger partial charge in [-0.1, -0.05) is 12.2 Å². The first-order valence-electron chi connectivity index (χ1n) is 10.6. The molecule has 0 saturated carbocycles. The van der Waals surface area contributed by atoms with E-state index in [0.29, 0.717) is 19.0 Å². The maximum atomic E-state index is 9.00. The zero-order chi connectivity index (χ0) is 22.8. The van der Waals surface area contributed by atoms with Crippen LogP contribution in [0, 0.1) is 0 Å². The maximum absolute atomic E-state index is 9.00. The van der Waals surface area contributed by atoms with Gasteiger partial charge in [-0.15, -0.1) is 0 Å². The summed E-state index contributed by atoms with van der Waals surface area (Å²) in [7, 11) is 0. The highest BCUT2D eigenvalue weighted by Crippen LogP contribution is 2.27. The second-order valence-electron chi connectivity index (χ2n) is 7.41. The van der Waals surface area contributed by atoms with Gasteiger partial charge in [0.15, 0.2) is 6.29 Å². The van der Waals surface area contributed by atoms with E-state index in [4.69, 9.17) is 25.1 Å². The van der Waals surface area contributed by atoms with E-state index in [1.54, 1.807) is 12.3 Å².